The smallest absolute Gasteiger partial charge is 0.263 e. The fourth-order valence-electron chi connectivity index (χ4n) is 1.86. The molecule has 0 aromatic carbocycles. The van der Waals surface area contributed by atoms with Gasteiger partial charge in [0.2, 0.25) is 0 Å². The highest BCUT2D eigenvalue weighted by atomic mass is 32.2. The summed E-state index contributed by atoms with van der Waals surface area (Å²) in [5.74, 6) is 0. The molecule has 8 heteroatoms. The zero-order chi connectivity index (χ0) is 15.3. The maximum absolute atomic E-state index is 12.3. The predicted octanol–water partition coefficient (Wildman–Crippen LogP) is 1.12. The minimum Gasteiger partial charge on any atom is -0.352 e. The Morgan fingerprint density at radius 2 is 2.00 bits per heavy atom. The molecule has 0 spiro atoms. The van der Waals surface area contributed by atoms with E-state index in [1.807, 2.05) is 7.05 Å². The van der Waals surface area contributed by atoms with Crippen molar-refractivity contribution in [2.45, 2.75) is 24.8 Å². The van der Waals surface area contributed by atoms with E-state index in [0.717, 1.165) is 18.7 Å². The van der Waals surface area contributed by atoms with Gasteiger partial charge in [0.05, 0.1) is 18.1 Å². The minimum absolute atomic E-state index is 0.224. The van der Waals surface area contributed by atoms with Crippen LogP contribution in [-0.4, -0.2) is 29.5 Å². The van der Waals surface area contributed by atoms with Crippen LogP contribution in [0, 0.1) is 0 Å². The fourth-order valence-corrected chi connectivity index (χ4v) is 2.98. The second-order valence-corrected chi connectivity index (χ2v) is 6.37. The van der Waals surface area contributed by atoms with Crippen molar-refractivity contribution in [3.8, 4) is 0 Å². The van der Waals surface area contributed by atoms with Crippen molar-refractivity contribution < 1.29 is 8.42 Å². The van der Waals surface area contributed by atoms with Crippen molar-refractivity contribution in [2.24, 2.45) is 7.05 Å². The first-order valence-corrected chi connectivity index (χ1v) is 8.15. The van der Waals surface area contributed by atoms with E-state index < -0.39 is 10.0 Å². The van der Waals surface area contributed by atoms with Crippen molar-refractivity contribution in [1.82, 2.24) is 19.9 Å². The van der Waals surface area contributed by atoms with Crippen LogP contribution in [0.3, 0.4) is 0 Å². The number of sulfonamides is 1. The zero-order valence-electron chi connectivity index (χ0n) is 12.1. The largest absolute Gasteiger partial charge is 0.352 e. The molecule has 2 aromatic rings. The van der Waals surface area contributed by atoms with Crippen molar-refractivity contribution in [2.75, 3.05) is 11.3 Å². The molecule has 0 saturated carbocycles. The SMILES string of the molecule is CCCNCc1cc(S(=O)(=O)Nc2cncnc2)cn1C. The van der Waals surface area contributed by atoms with Gasteiger partial charge in [-0.1, -0.05) is 6.92 Å². The first kappa shape index (κ1) is 15.5. The van der Waals surface area contributed by atoms with Crippen LogP contribution in [0.25, 0.3) is 0 Å². The van der Waals surface area contributed by atoms with Crippen molar-refractivity contribution in [1.29, 1.82) is 0 Å². The van der Waals surface area contributed by atoms with Gasteiger partial charge in [0.15, 0.2) is 0 Å². The number of aromatic nitrogens is 3. The van der Waals surface area contributed by atoms with E-state index in [4.69, 9.17) is 0 Å². The fraction of sp³-hybridized carbons (Fsp3) is 0.385. The van der Waals surface area contributed by atoms with E-state index in [-0.39, 0.29) is 4.90 Å². The Balaban J connectivity index is 2.15. The van der Waals surface area contributed by atoms with Gasteiger partial charge in [-0.2, -0.15) is 0 Å². The second kappa shape index (κ2) is 6.68. The van der Waals surface area contributed by atoms with Crippen molar-refractivity contribution >= 4 is 15.7 Å². The van der Waals surface area contributed by atoms with Gasteiger partial charge in [0.1, 0.15) is 11.2 Å². The van der Waals surface area contributed by atoms with Crippen LogP contribution < -0.4 is 10.0 Å². The van der Waals surface area contributed by atoms with Crippen LogP contribution in [-0.2, 0) is 23.6 Å². The lowest BCUT2D eigenvalue weighted by atomic mass is 10.4. The summed E-state index contributed by atoms with van der Waals surface area (Å²) in [4.78, 5) is 7.79. The average molecular weight is 309 g/mol. The van der Waals surface area contributed by atoms with Gasteiger partial charge in [-0.05, 0) is 19.0 Å². The third-order valence-corrected chi connectivity index (χ3v) is 4.29. The van der Waals surface area contributed by atoms with E-state index in [9.17, 15) is 8.42 Å². The van der Waals surface area contributed by atoms with E-state index >= 15 is 0 Å². The Labute approximate surface area is 124 Å². The van der Waals surface area contributed by atoms with E-state index in [1.54, 1.807) is 16.8 Å². The minimum atomic E-state index is -3.62. The standard InChI is InChI=1S/C13H19N5O2S/c1-3-4-14-8-12-5-13(9-18(12)2)21(19,20)17-11-6-15-10-16-7-11/h5-7,9-10,14,17H,3-4,8H2,1-2H3. The van der Waals surface area contributed by atoms with Crippen LogP contribution >= 0.6 is 0 Å². The molecule has 0 bridgehead atoms. The molecule has 0 aliphatic rings. The summed E-state index contributed by atoms with van der Waals surface area (Å²) in [5.41, 5.74) is 1.25. The highest BCUT2D eigenvalue weighted by molar-refractivity contribution is 7.92. The monoisotopic (exact) mass is 309 g/mol. The molecule has 0 unspecified atom stereocenters. The number of rotatable bonds is 7. The van der Waals surface area contributed by atoms with Gasteiger partial charge in [0.25, 0.3) is 10.0 Å². The molecule has 21 heavy (non-hydrogen) atoms. The molecule has 114 valence electrons. The zero-order valence-corrected chi connectivity index (χ0v) is 12.9. The maximum atomic E-state index is 12.3. The molecular formula is C13H19N5O2S. The van der Waals surface area contributed by atoms with Crippen molar-refractivity contribution in [3.63, 3.8) is 0 Å². The maximum Gasteiger partial charge on any atom is 0.263 e. The van der Waals surface area contributed by atoms with Crippen LogP contribution in [0.15, 0.2) is 35.9 Å². The first-order chi connectivity index (χ1) is 10.0. The van der Waals surface area contributed by atoms with E-state index in [2.05, 4.69) is 26.9 Å². The molecule has 0 radical (unpaired) electrons. The second-order valence-electron chi connectivity index (χ2n) is 4.69. The summed E-state index contributed by atoms with van der Waals surface area (Å²) in [6.45, 7) is 3.61. The van der Waals surface area contributed by atoms with E-state index in [0.29, 0.717) is 12.2 Å². The summed E-state index contributed by atoms with van der Waals surface area (Å²) in [6, 6.07) is 1.66. The summed E-state index contributed by atoms with van der Waals surface area (Å²) in [5, 5.41) is 3.25. The molecule has 0 aliphatic carbocycles. The van der Waals surface area contributed by atoms with Gasteiger partial charge in [-0.15, -0.1) is 0 Å². The van der Waals surface area contributed by atoms with Crippen LogP contribution in [0.4, 0.5) is 5.69 Å². The quantitative estimate of drug-likeness (QED) is 0.748. The molecule has 0 amide bonds. The molecule has 0 aliphatic heterocycles. The lowest BCUT2D eigenvalue weighted by Crippen LogP contribution is -2.15. The summed E-state index contributed by atoms with van der Waals surface area (Å²) < 4.78 is 28.9. The Kier molecular flexibility index (Phi) is 4.92. The molecule has 2 heterocycles. The van der Waals surface area contributed by atoms with Crippen LogP contribution in [0.5, 0.6) is 0 Å². The molecule has 2 rings (SSSR count). The molecule has 7 nitrogen and oxygen atoms in total. The number of nitrogens with zero attached hydrogens (tertiary/aromatic N) is 3. The number of anilines is 1. The molecule has 2 N–H and O–H groups in total. The third kappa shape index (κ3) is 4.02. The summed E-state index contributed by atoms with van der Waals surface area (Å²) >= 11 is 0. The highest BCUT2D eigenvalue weighted by Gasteiger charge is 2.17. The Morgan fingerprint density at radius 1 is 1.29 bits per heavy atom. The van der Waals surface area contributed by atoms with Gasteiger partial charge in [-0.25, -0.2) is 18.4 Å². The molecule has 0 saturated heterocycles. The number of aryl methyl sites for hydroxylation is 1. The summed E-state index contributed by atoms with van der Waals surface area (Å²) in [6.07, 6.45) is 6.80. The Hall–Kier alpha value is -1.93. The number of hydrogen-bond donors (Lipinski definition) is 2. The van der Waals surface area contributed by atoms with Gasteiger partial charge >= 0.3 is 0 Å². The predicted molar refractivity (Wildman–Crippen MR) is 80.3 cm³/mol. The topological polar surface area (TPSA) is 88.9 Å². The van der Waals surface area contributed by atoms with Crippen LogP contribution in [0.1, 0.15) is 19.0 Å². The lowest BCUT2D eigenvalue weighted by molar-refractivity contribution is 0.601. The summed E-state index contributed by atoms with van der Waals surface area (Å²) in [7, 11) is -1.80. The first-order valence-electron chi connectivity index (χ1n) is 6.66. The highest BCUT2D eigenvalue weighted by Crippen LogP contribution is 2.17. The van der Waals surface area contributed by atoms with E-state index in [1.165, 1.54) is 18.7 Å². The molecule has 2 aromatic heterocycles. The normalized spacial score (nSPS) is 11.5. The molecule has 0 atom stereocenters. The van der Waals surface area contributed by atoms with Gasteiger partial charge in [0, 0.05) is 25.5 Å². The van der Waals surface area contributed by atoms with Crippen molar-refractivity contribution in [3.05, 3.63) is 36.7 Å². The molecule has 0 fully saturated rings. The van der Waals surface area contributed by atoms with Crippen LogP contribution in [0.2, 0.25) is 0 Å². The Bertz CT molecular complexity index is 682. The van der Waals surface area contributed by atoms with Gasteiger partial charge in [-0.3, -0.25) is 4.72 Å². The molecular weight excluding hydrogens is 290 g/mol. The number of hydrogen-bond acceptors (Lipinski definition) is 5. The van der Waals surface area contributed by atoms with Gasteiger partial charge < -0.3 is 9.88 Å². The third-order valence-electron chi connectivity index (χ3n) is 2.94. The number of nitrogens with one attached hydrogen (secondary N) is 2. The Morgan fingerprint density at radius 3 is 2.67 bits per heavy atom. The lowest BCUT2D eigenvalue weighted by Gasteiger charge is -2.04. The average Bonchev–Trinajstić information content (AvgIpc) is 2.82.